The topological polar surface area (TPSA) is 237 Å². The zero-order valence-electron chi connectivity index (χ0n) is 63.4. The highest BCUT2D eigenvalue weighted by molar-refractivity contribution is 7.47. The molecule has 0 bridgehead atoms. The Bertz CT molecular complexity index is 1970. The first kappa shape index (κ1) is 95.5. The van der Waals surface area contributed by atoms with E-state index in [-0.39, 0.29) is 25.7 Å². The third-order valence-corrected chi connectivity index (χ3v) is 19.8. The average Bonchev–Trinajstić information content (AvgIpc) is 1.03. The van der Waals surface area contributed by atoms with Crippen LogP contribution in [0.1, 0.15) is 394 Å². The number of phosphoric ester groups is 2. The first-order chi connectivity index (χ1) is 47.5. The molecule has 0 aliphatic carbocycles. The van der Waals surface area contributed by atoms with Crippen molar-refractivity contribution >= 4 is 39.5 Å². The quantitative estimate of drug-likeness (QED) is 0.0169. The van der Waals surface area contributed by atoms with Gasteiger partial charge >= 0.3 is 39.5 Å². The molecule has 0 aliphatic heterocycles. The third kappa shape index (κ3) is 71.9. The van der Waals surface area contributed by atoms with Crippen LogP contribution in [0.2, 0.25) is 0 Å². The van der Waals surface area contributed by atoms with Crippen molar-refractivity contribution < 1.29 is 80.2 Å². The number of aliphatic hydroxyl groups excluding tert-OH is 1. The minimum absolute atomic E-state index is 0.101. The first-order valence-electron chi connectivity index (χ1n) is 40.5. The molecule has 0 aliphatic rings. The number of phosphoric acid groups is 2. The van der Waals surface area contributed by atoms with Crippen molar-refractivity contribution in [3.05, 3.63) is 24.3 Å². The predicted octanol–water partition coefficient (Wildman–Crippen LogP) is 23.2. The number of carbonyl (C=O) groups is 4. The van der Waals surface area contributed by atoms with Crippen molar-refractivity contribution in [1.29, 1.82) is 0 Å². The summed E-state index contributed by atoms with van der Waals surface area (Å²) in [5.74, 6) is -1.33. The molecular formula is C79H150O17P2. The van der Waals surface area contributed by atoms with Gasteiger partial charge in [0.1, 0.15) is 19.3 Å². The zero-order chi connectivity index (χ0) is 71.9. The van der Waals surface area contributed by atoms with Crippen LogP contribution in [-0.2, 0) is 65.4 Å². The maximum absolute atomic E-state index is 13.1. The predicted molar refractivity (Wildman–Crippen MR) is 400 cm³/mol. The third-order valence-electron chi connectivity index (χ3n) is 17.9. The van der Waals surface area contributed by atoms with Gasteiger partial charge in [0.2, 0.25) is 0 Å². The molecule has 0 rings (SSSR count). The summed E-state index contributed by atoms with van der Waals surface area (Å²) < 4.78 is 68.6. The summed E-state index contributed by atoms with van der Waals surface area (Å²) in [6.45, 7) is 7.28. The van der Waals surface area contributed by atoms with E-state index in [9.17, 15) is 43.2 Å². The standard InChI is InChI=1S/C79H150O17P2/c1-6-9-12-15-18-21-24-27-30-34-39-43-48-53-58-63-77(82)90-69-75(96-79(84)65-60-55-50-45-40-35-32-29-28-31-33-36-41-46-51-56-61-72(4)5)71-94-98(87,88)92-67-73(80)66-91-97(85,86)93-70-74(95-78(83)64-59-54-49-44-38-26-23-20-17-14-11-8-3)68-89-76(81)62-57-52-47-42-37-25-22-19-16-13-10-7-2/h21,24,27,30,72-75,80H,6-20,22-23,25-26,28-29,31-71H2,1-5H3,(H,85,86)(H,87,88)/b24-21-,30-27-/t73-,74+,75+/m0/s1. The van der Waals surface area contributed by atoms with Crippen molar-refractivity contribution in [2.75, 3.05) is 39.6 Å². The van der Waals surface area contributed by atoms with Gasteiger partial charge in [0.15, 0.2) is 12.2 Å². The van der Waals surface area contributed by atoms with Crippen LogP contribution in [-0.4, -0.2) is 96.7 Å². The molecule has 2 unspecified atom stereocenters. The molecular weight excluding hydrogens is 1280 g/mol. The number of hydrogen-bond acceptors (Lipinski definition) is 15. The Labute approximate surface area is 599 Å². The number of unbranched alkanes of at least 4 members (excludes halogenated alkanes) is 46. The van der Waals surface area contributed by atoms with Crippen molar-refractivity contribution in [2.45, 2.75) is 412 Å². The van der Waals surface area contributed by atoms with E-state index in [2.05, 4.69) is 58.9 Å². The van der Waals surface area contributed by atoms with Crippen LogP contribution >= 0.6 is 15.6 Å². The highest BCUT2D eigenvalue weighted by Gasteiger charge is 2.30. The molecule has 0 heterocycles. The van der Waals surface area contributed by atoms with Gasteiger partial charge in [-0.3, -0.25) is 37.3 Å². The molecule has 17 nitrogen and oxygen atoms in total. The lowest BCUT2D eigenvalue weighted by Gasteiger charge is -2.21. The van der Waals surface area contributed by atoms with E-state index >= 15 is 0 Å². The van der Waals surface area contributed by atoms with Crippen molar-refractivity contribution in [3.63, 3.8) is 0 Å². The lowest BCUT2D eigenvalue weighted by atomic mass is 10.0. The van der Waals surface area contributed by atoms with Gasteiger partial charge in [0.25, 0.3) is 0 Å². The molecule has 0 saturated heterocycles. The lowest BCUT2D eigenvalue weighted by Crippen LogP contribution is -2.30. The molecule has 0 amide bonds. The fourth-order valence-electron chi connectivity index (χ4n) is 11.7. The number of aliphatic hydroxyl groups is 1. The minimum atomic E-state index is -4.97. The molecule has 0 radical (unpaired) electrons. The largest absolute Gasteiger partial charge is 0.472 e. The number of carbonyl (C=O) groups excluding carboxylic acids is 4. The van der Waals surface area contributed by atoms with Gasteiger partial charge in [-0.05, 0) is 57.3 Å². The number of allylic oxidation sites excluding steroid dienone is 4. The van der Waals surface area contributed by atoms with Crippen LogP contribution in [0.4, 0.5) is 0 Å². The first-order valence-corrected chi connectivity index (χ1v) is 43.4. The fraction of sp³-hybridized carbons (Fsp3) is 0.899. The molecule has 0 spiro atoms. The molecule has 578 valence electrons. The Morgan fingerprint density at radius 1 is 0.316 bits per heavy atom. The van der Waals surface area contributed by atoms with Gasteiger partial charge < -0.3 is 33.8 Å². The van der Waals surface area contributed by atoms with Crippen LogP contribution in [0.25, 0.3) is 0 Å². The Hall–Kier alpha value is -2.46. The molecule has 19 heteroatoms. The van der Waals surface area contributed by atoms with Crippen LogP contribution in [0.3, 0.4) is 0 Å². The Balaban J connectivity index is 5.27. The Morgan fingerprint density at radius 3 is 0.837 bits per heavy atom. The summed E-state index contributed by atoms with van der Waals surface area (Å²) in [4.78, 5) is 72.9. The van der Waals surface area contributed by atoms with Crippen LogP contribution in [0, 0.1) is 5.92 Å². The smallest absolute Gasteiger partial charge is 0.462 e. The molecule has 0 aromatic carbocycles. The van der Waals surface area contributed by atoms with Gasteiger partial charge in [-0.2, -0.15) is 0 Å². The molecule has 5 atom stereocenters. The van der Waals surface area contributed by atoms with Gasteiger partial charge in [0, 0.05) is 25.7 Å². The SMILES string of the molecule is CCCCCC/C=C\C=C/CCCCCCCC(=O)OC[C@H](COP(=O)(O)OC[C@@H](O)COP(=O)(O)OC[C@@H](COC(=O)CCCCCCCCCCCCCC)OC(=O)CCCCCCCCCCCCCC)OC(=O)CCCCCCCCCCCCCCCCCCC(C)C. The van der Waals surface area contributed by atoms with E-state index in [1.165, 1.54) is 199 Å². The van der Waals surface area contributed by atoms with Crippen LogP contribution < -0.4 is 0 Å². The van der Waals surface area contributed by atoms with E-state index in [0.29, 0.717) is 25.7 Å². The summed E-state index contributed by atoms with van der Waals surface area (Å²) in [6.07, 6.45) is 64.5. The Morgan fingerprint density at radius 2 is 0.551 bits per heavy atom. The van der Waals surface area contributed by atoms with E-state index in [0.717, 1.165) is 115 Å². The minimum Gasteiger partial charge on any atom is -0.462 e. The molecule has 0 aromatic heterocycles. The normalized spacial score (nSPS) is 14.1. The lowest BCUT2D eigenvalue weighted by molar-refractivity contribution is -0.161. The number of hydrogen-bond donors (Lipinski definition) is 3. The molecule has 3 N–H and O–H groups in total. The second-order valence-electron chi connectivity index (χ2n) is 28.2. The second-order valence-corrected chi connectivity index (χ2v) is 31.2. The zero-order valence-corrected chi connectivity index (χ0v) is 65.2. The average molecular weight is 1430 g/mol. The van der Waals surface area contributed by atoms with E-state index in [1.54, 1.807) is 0 Å². The summed E-state index contributed by atoms with van der Waals surface area (Å²) in [5.41, 5.74) is 0. The fourth-order valence-corrected chi connectivity index (χ4v) is 13.3. The second kappa shape index (κ2) is 71.5. The van der Waals surface area contributed by atoms with Gasteiger partial charge in [0.05, 0.1) is 26.4 Å². The maximum atomic E-state index is 13.1. The molecule has 98 heavy (non-hydrogen) atoms. The van der Waals surface area contributed by atoms with Crippen LogP contribution in [0.15, 0.2) is 24.3 Å². The maximum Gasteiger partial charge on any atom is 0.472 e. The summed E-state index contributed by atoms with van der Waals surface area (Å²) in [5, 5.41) is 10.6. The van der Waals surface area contributed by atoms with Gasteiger partial charge in [-0.15, -0.1) is 0 Å². The highest BCUT2D eigenvalue weighted by Crippen LogP contribution is 2.45. The molecule has 0 aromatic rings. The van der Waals surface area contributed by atoms with Gasteiger partial charge in [-0.25, -0.2) is 9.13 Å². The van der Waals surface area contributed by atoms with Crippen molar-refractivity contribution in [3.8, 4) is 0 Å². The monoisotopic (exact) mass is 1430 g/mol. The Kier molecular flexibility index (Phi) is 69.7. The molecule has 0 saturated carbocycles. The van der Waals surface area contributed by atoms with Crippen molar-refractivity contribution in [1.82, 2.24) is 0 Å². The number of esters is 4. The highest BCUT2D eigenvalue weighted by atomic mass is 31.2. The van der Waals surface area contributed by atoms with E-state index in [4.69, 9.17) is 37.0 Å². The number of rotatable bonds is 77. The van der Waals surface area contributed by atoms with E-state index in [1.807, 2.05) is 0 Å². The summed E-state index contributed by atoms with van der Waals surface area (Å²) >= 11 is 0. The number of ether oxygens (including phenoxy) is 4. The summed E-state index contributed by atoms with van der Waals surface area (Å²) in [6, 6.07) is 0. The van der Waals surface area contributed by atoms with Gasteiger partial charge in [-0.1, -0.05) is 341 Å². The summed E-state index contributed by atoms with van der Waals surface area (Å²) in [7, 11) is -9.93. The van der Waals surface area contributed by atoms with Crippen LogP contribution in [0.5, 0.6) is 0 Å². The molecule has 0 fully saturated rings. The van der Waals surface area contributed by atoms with E-state index < -0.39 is 97.5 Å². The van der Waals surface area contributed by atoms with Crippen molar-refractivity contribution in [2.24, 2.45) is 5.92 Å².